The summed E-state index contributed by atoms with van der Waals surface area (Å²) in [6.45, 7) is 2.68. The van der Waals surface area contributed by atoms with E-state index in [4.69, 9.17) is 0 Å². The van der Waals surface area contributed by atoms with Crippen molar-refractivity contribution in [3.63, 3.8) is 0 Å². The number of anilines is 1. The minimum atomic E-state index is -0.316. The van der Waals surface area contributed by atoms with Gasteiger partial charge in [-0.2, -0.15) is 0 Å². The number of hydrogen-bond donors (Lipinski definition) is 1. The van der Waals surface area contributed by atoms with Crippen molar-refractivity contribution in [3.05, 3.63) is 64.9 Å². The molecule has 1 fully saturated rings. The zero-order valence-corrected chi connectivity index (χ0v) is 17.3. The molecule has 1 unspecified atom stereocenters. The van der Waals surface area contributed by atoms with Crippen LogP contribution in [0.3, 0.4) is 0 Å². The monoisotopic (exact) mass is 424 g/mol. The molecule has 154 valence electrons. The summed E-state index contributed by atoms with van der Waals surface area (Å²) in [5.74, 6) is -0.435. The minimum absolute atomic E-state index is 0.0482. The topological polar surface area (TPSA) is 75.2 Å². The Balaban J connectivity index is 1.46. The fraction of sp³-hybridized carbons (Fsp3) is 0.273. The van der Waals surface area contributed by atoms with Gasteiger partial charge in [-0.15, -0.1) is 10.2 Å². The Labute approximate surface area is 177 Å². The smallest absolute Gasteiger partial charge is 0.253 e. The molecule has 1 aromatic heterocycles. The number of nitrogens with one attached hydrogen (secondary N) is 1. The van der Waals surface area contributed by atoms with Gasteiger partial charge in [0.05, 0.1) is 0 Å². The molecule has 2 heterocycles. The van der Waals surface area contributed by atoms with E-state index in [-0.39, 0.29) is 23.5 Å². The number of amides is 2. The fourth-order valence-corrected chi connectivity index (χ4v) is 4.58. The van der Waals surface area contributed by atoms with Crippen LogP contribution in [0.25, 0.3) is 10.6 Å². The SMILES string of the molecule is CC(=O)Nc1ccc(C(=O)N2CCCC(c3nnc(-c4ccccc4F)s3)C2)cc1. The molecule has 1 atom stereocenters. The lowest BCUT2D eigenvalue weighted by Gasteiger charge is -2.31. The summed E-state index contributed by atoms with van der Waals surface area (Å²) in [6, 6.07) is 13.4. The van der Waals surface area contributed by atoms with Crippen LogP contribution in [0.2, 0.25) is 0 Å². The second-order valence-electron chi connectivity index (χ2n) is 7.27. The van der Waals surface area contributed by atoms with Crippen LogP contribution >= 0.6 is 11.3 Å². The molecule has 4 rings (SSSR count). The molecule has 1 aliphatic rings. The summed E-state index contributed by atoms with van der Waals surface area (Å²) in [7, 11) is 0. The second-order valence-corrected chi connectivity index (χ2v) is 8.28. The Morgan fingerprint density at radius 1 is 1.13 bits per heavy atom. The van der Waals surface area contributed by atoms with Gasteiger partial charge >= 0.3 is 0 Å². The maximum Gasteiger partial charge on any atom is 0.253 e. The number of hydrogen-bond acceptors (Lipinski definition) is 5. The van der Waals surface area contributed by atoms with Gasteiger partial charge in [0.1, 0.15) is 10.8 Å². The zero-order chi connectivity index (χ0) is 21.1. The number of carbonyl (C=O) groups excluding carboxylic acids is 2. The highest BCUT2D eigenvalue weighted by atomic mass is 32.1. The van der Waals surface area contributed by atoms with E-state index in [1.54, 1.807) is 42.5 Å². The number of carbonyl (C=O) groups is 2. The number of nitrogens with zero attached hydrogens (tertiary/aromatic N) is 3. The summed E-state index contributed by atoms with van der Waals surface area (Å²) >= 11 is 1.38. The van der Waals surface area contributed by atoms with Gasteiger partial charge in [0, 0.05) is 42.7 Å². The molecule has 1 aliphatic heterocycles. The normalized spacial score (nSPS) is 16.3. The number of piperidine rings is 1. The molecule has 0 saturated carbocycles. The van der Waals surface area contributed by atoms with Crippen molar-refractivity contribution in [1.29, 1.82) is 0 Å². The van der Waals surface area contributed by atoms with Crippen LogP contribution in [-0.4, -0.2) is 40.0 Å². The Bertz CT molecular complexity index is 1070. The molecule has 6 nitrogen and oxygen atoms in total. The lowest BCUT2D eigenvalue weighted by Crippen LogP contribution is -2.39. The van der Waals surface area contributed by atoms with E-state index in [0.717, 1.165) is 17.8 Å². The third-order valence-electron chi connectivity index (χ3n) is 5.05. The fourth-order valence-electron chi connectivity index (χ4n) is 3.59. The molecule has 2 amide bonds. The van der Waals surface area contributed by atoms with Gasteiger partial charge in [-0.05, 0) is 49.2 Å². The molecule has 2 aromatic carbocycles. The van der Waals surface area contributed by atoms with Crippen molar-refractivity contribution in [1.82, 2.24) is 15.1 Å². The number of likely N-dealkylation sites (tertiary alicyclic amines) is 1. The molecular weight excluding hydrogens is 403 g/mol. The summed E-state index contributed by atoms with van der Waals surface area (Å²) in [6.07, 6.45) is 1.78. The van der Waals surface area contributed by atoms with Crippen LogP contribution in [0.15, 0.2) is 48.5 Å². The van der Waals surface area contributed by atoms with Crippen LogP contribution in [0, 0.1) is 5.82 Å². The highest BCUT2D eigenvalue weighted by molar-refractivity contribution is 7.14. The van der Waals surface area contributed by atoms with Crippen molar-refractivity contribution in [2.24, 2.45) is 0 Å². The molecule has 30 heavy (non-hydrogen) atoms. The zero-order valence-electron chi connectivity index (χ0n) is 16.5. The number of aromatic nitrogens is 2. The van der Waals surface area contributed by atoms with Crippen molar-refractivity contribution >= 4 is 28.8 Å². The first-order chi connectivity index (χ1) is 14.5. The van der Waals surface area contributed by atoms with Gasteiger partial charge < -0.3 is 10.2 Å². The lowest BCUT2D eigenvalue weighted by atomic mass is 9.98. The molecular formula is C22H21FN4O2S. The van der Waals surface area contributed by atoms with Crippen LogP contribution in [0.4, 0.5) is 10.1 Å². The van der Waals surface area contributed by atoms with E-state index >= 15 is 0 Å². The first-order valence-corrected chi connectivity index (χ1v) is 10.6. The highest BCUT2D eigenvalue weighted by Gasteiger charge is 2.28. The summed E-state index contributed by atoms with van der Waals surface area (Å²) in [4.78, 5) is 25.9. The van der Waals surface area contributed by atoms with Crippen LogP contribution < -0.4 is 5.32 Å². The standard InChI is InChI=1S/C22H21FN4O2S/c1-14(28)24-17-10-8-15(9-11-17)22(29)27-12-4-5-16(13-27)20-25-26-21(30-20)18-6-2-3-7-19(18)23/h2-3,6-11,16H,4-5,12-13H2,1H3,(H,24,28). The Kier molecular flexibility index (Phi) is 5.85. The van der Waals surface area contributed by atoms with Crippen molar-refractivity contribution < 1.29 is 14.0 Å². The third-order valence-corrected chi connectivity index (χ3v) is 6.17. The minimum Gasteiger partial charge on any atom is -0.338 e. The van der Waals surface area contributed by atoms with Gasteiger partial charge in [-0.1, -0.05) is 23.5 Å². The van der Waals surface area contributed by atoms with Crippen molar-refractivity contribution in [2.75, 3.05) is 18.4 Å². The van der Waals surface area contributed by atoms with E-state index in [2.05, 4.69) is 15.5 Å². The van der Waals surface area contributed by atoms with E-state index in [1.165, 1.54) is 24.3 Å². The van der Waals surface area contributed by atoms with Crippen LogP contribution in [0.1, 0.15) is 41.0 Å². The van der Waals surface area contributed by atoms with Crippen molar-refractivity contribution in [2.45, 2.75) is 25.7 Å². The van der Waals surface area contributed by atoms with E-state index in [1.807, 2.05) is 4.90 Å². The van der Waals surface area contributed by atoms with Gasteiger partial charge in [0.25, 0.3) is 5.91 Å². The maximum absolute atomic E-state index is 14.0. The molecule has 3 aromatic rings. The van der Waals surface area contributed by atoms with E-state index < -0.39 is 0 Å². The average Bonchev–Trinajstić information content (AvgIpc) is 3.24. The molecule has 0 radical (unpaired) electrons. The molecule has 0 aliphatic carbocycles. The highest BCUT2D eigenvalue weighted by Crippen LogP contribution is 2.33. The first kappa shape index (κ1) is 20.2. The Hall–Kier alpha value is -3.13. The maximum atomic E-state index is 14.0. The molecule has 0 spiro atoms. The Morgan fingerprint density at radius 2 is 1.90 bits per heavy atom. The third kappa shape index (κ3) is 4.38. The van der Waals surface area contributed by atoms with Gasteiger partial charge in [-0.3, -0.25) is 9.59 Å². The lowest BCUT2D eigenvalue weighted by molar-refractivity contribution is -0.114. The quantitative estimate of drug-likeness (QED) is 0.677. The van der Waals surface area contributed by atoms with E-state index in [0.29, 0.717) is 34.9 Å². The molecule has 0 bridgehead atoms. The predicted molar refractivity (Wildman–Crippen MR) is 114 cm³/mol. The molecule has 8 heteroatoms. The van der Waals surface area contributed by atoms with Crippen LogP contribution in [0.5, 0.6) is 0 Å². The largest absolute Gasteiger partial charge is 0.338 e. The number of rotatable bonds is 4. The first-order valence-electron chi connectivity index (χ1n) is 9.76. The molecule has 1 saturated heterocycles. The summed E-state index contributed by atoms with van der Waals surface area (Å²) < 4.78 is 14.0. The predicted octanol–water partition coefficient (Wildman–Crippen LogP) is 4.32. The average molecular weight is 425 g/mol. The van der Waals surface area contributed by atoms with Gasteiger partial charge in [0.15, 0.2) is 5.01 Å². The molecule has 1 N–H and O–H groups in total. The van der Waals surface area contributed by atoms with E-state index in [9.17, 15) is 14.0 Å². The van der Waals surface area contributed by atoms with Gasteiger partial charge in [-0.25, -0.2) is 4.39 Å². The summed E-state index contributed by atoms with van der Waals surface area (Å²) in [5, 5.41) is 12.5. The van der Waals surface area contributed by atoms with Crippen LogP contribution in [-0.2, 0) is 4.79 Å². The van der Waals surface area contributed by atoms with Crippen molar-refractivity contribution in [3.8, 4) is 10.6 Å². The number of halogens is 1. The second kappa shape index (κ2) is 8.71. The summed E-state index contributed by atoms with van der Waals surface area (Å²) in [5.41, 5.74) is 1.68. The van der Waals surface area contributed by atoms with Gasteiger partial charge in [0.2, 0.25) is 5.91 Å². The number of benzene rings is 2. The Morgan fingerprint density at radius 3 is 2.63 bits per heavy atom.